The van der Waals surface area contributed by atoms with Crippen LogP contribution in [-0.2, 0) is 10.0 Å². The van der Waals surface area contributed by atoms with Gasteiger partial charge in [0.1, 0.15) is 0 Å². The zero-order valence-corrected chi connectivity index (χ0v) is 13.9. The molecule has 2 N–H and O–H groups in total. The topological polar surface area (TPSA) is 75.3 Å². The van der Waals surface area contributed by atoms with Crippen LogP contribution in [0.25, 0.3) is 0 Å². The monoisotopic (exact) mass is 332 g/mol. The van der Waals surface area contributed by atoms with Crippen LogP contribution in [0.5, 0.6) is 0 Å². The zero-order valence-electron chi connectivity index (χ0n) is 13.1. The minimum absolute atomic E-state index is 0.431. The van der Waals surface area contributed by atoms with Crippen molar-refractivity contribution in [3.8, 4) is 0 Å². The summed E-state index contributed by atoms with van der Waals surface area (Å²) < 4.78 is 25.7. The van der Waals surface area contributed by atoms with E-state index in [0.29, 0.717) is 0 Å². The molecule has 0 spiro atoms. The molecule has 2 aromatic carbocycles. The smallest absolute Gasteiger partial charge is 0.326 e. The Bertz CT molecular complexity index is 704. The molecule has 0 fully saturated rings. The maximum Gasteiger partial charge on any atom is 0.329 e. The summed E-state index contributed by atoms with van der Waals surface area (Å²) in [5.41, 5.74) is 1.74. The molecule has 122 valence electrons. The molecule has 0 aromatic heterocycles. The third-order valence-electron chi connectivity index (χ3n) is 3.40. The van der Waals surface area contributed by atoms with E-state index >= 15 is 0 Å². The van der Waals surface area contributed by atoms with Crippen LogP contribution in [0, 0.1) is 0 Å². The fourth-order valence-electron chi connectivity index (χ4n) is 2.06. The van der Waals surface area contributed by atoms with Crippen molar-refractivity contribution < 1.29 is 13.2 Å². The maximum absolute atomic E-state index is 12.1. The van der Waals surface area contributed by atoms with Crippen molar-refractivity contribution in [3.05, 3.63) is 71.8 Å². The Balaban J connectivity index is 2.24. The lowest BCUT2D eigenvalue weighted by atomic mass is 9.99. The van der Waals surface area contributed by atoms with Crippen LogP contribution in [0.4, 0.5) is 4.79 Å². The van der Waals surface area contributed by atoms with E-state index in [1.165, 1.54) is 13.8 Å². The highest BCUT2D eigenvalue weighted by molar-refractivity contribution is 7.90. The summed E-state index contributed by atoms with van der Waals surface area (Å²) in [6, 6.07) is 17.6. The van der Waals surface area contributed by atoms with Crippen molar-refractivity contribution in [2.45, 2.75) is 25.1 Å². The Morgan fingerprint density at radius 2 is 1.30 bits per heavy atom. The van der Waals surface area contributed by atoms with E-state index in [1.807, 2.05) is 65.4 Å². The third kappa shape index (κ3) is 4.56. The summed E-state index contributed by atoms with van der Waals surface area (Å²) in [7, 11) is -3.67. The normalized spacial score (nSPS) is 11.5. The first-order valence-electron chi connectivity index (χ1n) is 7.32. The quantitative estimate of drug-likeness (QED) is 0.884. The predicted octanol–water partition coefficient (Wildman–Crippen LogP) is 2.81. The van der Waals surface area contributed by atoms with Gasteiger partial charge in [-0.15, -0.1) is 0 Å². The van der Waals surface area contributed by atoms with Crippen LogP contribution < -0.4 is 10.0 Å². The lowest BCUT2D eigenvalue weighted by molar-refractivity contribution is 0.243. The van der Waals surface area contributed by atoms with Gasteiger partial charge in [0.2, 0.25) is 10.0 Å². The van der Waals surface area contributed by atoms with Crippen molar-refractivity contribution in [1.29, 1.82) is 0 Å². The second-order valence-corrected chi connectivity index (χ2v) is 7.66. The molecule has 0 aliphatic rings. The number of amides is 2. The van der Waals surface area contributed by atoms with Gasteiger partial charge in [0.25, 0.3) is 0 Å². The maximum atomic E-state index is 12.1. The fraction of sp³-hybridized carbons (Fsp3) is 0.235. The second kappa shape index (κ2) is 7.28. The molecule has 0 radical (unpaired) electrons. The standard InChI is InChI=1S/C17H20N2O3S/c1-13(2)23(21,22)19-17(20)18-16(14-9-5-3-6-10-14)15-11-7-4-8-12-15/h3-13,16H,1-2H3,(H2,18,19,20). The molecule has 2 aromatic rings. The van der Waals surface area contributed by atoms with E-state index in [1.54, 1.807) is 0 Å². The SMILES string of the molecule is CC(C)S(=O)(=O)NC(=O)NC(c1ccccc1)c1ccccc1. The van der Waals surface area contributed by atoms with Crippen LogP contribution in [-0.4, -0.2) is 19.7 Å². The van der Waals surface area contributed by atoms with E-state index in [-0.39, 0.29) is 0 Å². The number of rotatable bonds is 5. The molecule has 23 heavy (non-hydrogen) atoms. The van der Waals surface area contributed by atoms with E-state index in [9.17, 15) is 13.2 Å². The Morgan fingerprint density at radius 3 is 1.70 bits per heavy atom. The number of benzene rings is 2. The molecule has 0 aliphatic carbocycles. The van der Waals surface area contributed by atoms with Gasteiger partial charge in [-0.05, 0) is 25.0 Å². The number of carbonyl (C=O) groups is 1. The molecule has 5 nitrogen and oxygen atoms in total. The van der Waals surface area contributed by atoms with Crippen molar-refractivity contribution in [3.63, 3.8) is 0 Å². The van der Waals surface area contributed by atoms with E-state index in [0.717, 1.165) is 11.1 Å². The predicted molar refractivity (Wildman–Crippen MR) is 90.5 cm³/mol. The zero-order chi connectivity index (χ0) is 16.9. The molecule has 6 heteroatoms. The fourth-order valence-corrected chi connectivity index (χ4v) is 2.61. The minimum atomic E-state index is -3.67. The highest BCUT2D eigenvalue weighted by Crippen LogP contribution is 2.21. The largest absolute Gasteiger partial charge is 0.329 e. The lowest BCUT2D eigenvalue weighted by Crippen LogP contribution is -2.44. The first-order valence-corrected chi connectivity index (χ1v) is 8.87. The van der Waals surface area contributed by atoms with Crippen LogP contribution in [0.3, 0.4) is 0 Å². The summed E-state index contributed by atoms with van der Waals surface area (Å²) in [6.45, 7) is 3.03. The minimum Gasteiger partial charge on any atom is -0.326 e. The molecule has 0 bridgehead atoms. The molecule has 0 unspecified atom stereocenters. The number of hydrogen-bond acceptors (Lipinski definition) is 3. The number of nitrogens with one attached hydrogen (secondary N) is 2. The Hall–Kier alpha value is -2.34. The van der Waals surface area contributed by atoms with Gasteiger partial charge in [0.15, 0.2) is 0 Å². The van der Waals surface area contributed by atoms with E-state index < -0.39 is 27.3 Å². The third-order valence-corrected chi connectivity index (χ3v) is 5.11. The van der Waals surface area contributed by atoms with Crippen molar-refractivity contribution in [1.82, 2.24) is 10.0 Å². The molecule has 0 heterocycles. The van der Waals surface area contributed by atoms with Crippen LogP contribution in [0.1, 0.15) is 31.0 Å². The first kappa shape index (κ1) is 17.0. The van der Waals surface area contributed by atoms with Crippen LogP contribution in [0.15, 0.2) is 60.7 Å². The lowest BCUT2D eigenvalue weighted by Gasteiger charge is -2.20. The molecule has 0 saturated carbocycles. The average molecular weight is 332 g/mol. The summed E-state index contributed by atoms with van der Waals surface area (Å²) in [5.74, 6) is 0. The van der Waals surface area contributed by atoms with Crippen molar-refractivity contribution in [2.75, 3.05) is 0 Å². The number of urea groups is 1. The molecular weight excluding hydrogens is 312 g/mol. The number of sulfonamides is 1. The second-order valence-electron chi connectivity index (χ2n) is 5.42. The number of hydrogen-bond donors (Lipinski definition) is 2. The van der Waals surface area contributed by atoms with Gasteiger partial charge in [-0.25, -0.2) is 17.9 Å². The van der Waals surface area contributed by atoms with Gasteiger partial charge in [0.05, 0.1) is 11.3 Å². The molecule has 0 aliphatic heterocycles. The molecule has 0 atom stereocenters. The highest BCUT2D eigenvalue weighted by atomic mass is 32.2. The van der Waals surface area contributed by atoms with Gasteiger partial charge >= 0.3 is 6.03 Å². The van der Waals surface area contributed by atoms with Gasteiger partial charge in [0, 0.05) is 0 Å². The average Bonchev–Trinajstić information content (AvgIpc) is 2.53. The highest BCUT2D eigenvalue weighted by Gasteiger charge is 2.22. The van der Waals surface area contributed by atoms with Gasteiger partial charge < -0.3 is 5.32 Å². The van der Waals surface area contributed by atoms with E-state index in [4.69, 9.17) is 0 Å². The van der Waals surface area contributed by atoms with Gasteiger partial charge in [-0.3, -0.25) is 0 Å². The Kier molecular flexibility index (Phi) is 5.39. The molecule has 0 saturated heterocycles. The molecular formula is C17H20N2O3S. The summed E-state index contributed by atoms with van der Waals surface area (Å²) in [4.78, 5) is 12.1. The molecule has 2 rings (SSSR count). The first-order chi connectivity index (χ1) is 10.9. The van der Waals surface area contributed by atoms with Gasteiger partial charge in [-0.1, -0.05) is 60.7 Å². The van der Waals surface area contributed by atoms with Gasteiger partial charge in [-0.2, -0.15) is 0 Å². The Morgan fingerprint density at radius 1 is 0.870 bits per heavy atom. The summed E-state index contributed by atoms with van der Waals surface area (Å²) in [6.07, 6.45) is 0. The number of carbonyl (C=O) groups excluding carboxylic acids is 1. The van der Waals surface area contributed by atoms with Crippen molar-refractivity contribution in [2.24, 2.45) is 0 Å². The van der Waals surface area contributed by atoms with Crippen LogP contribution in [0.2, 0.25) is 0 Å². The molecule has 2 amide bonds. The summed E-state index contributed by atoms with van der Waals surface area (Å²) >= 11 is 0. The summed E-state index contributed by atoms with van der Waals surface area (Å²) in [5, 5.41) is 2.05. The van der Waals surface area contributed by atoms with Crippen LogP contribution >= 0.6 is 0 Å². The van der Waals surface area contributed by atoms with E-state index in [2.05, 4.69) is 5.32 Å². The Labute approximate surface area is 136 Å². The van der Waals surface area contributed by atoms with Crippen molar-refractivity contribution >= 4 is 16.1 Å².